The highest BCUT2D eigenvalue weighted by molar-refractivity contribution is 5.31. The van der Waals surface area contributed by atoms with Crippen molar-refractivity contribution in [2.75, 3.05) is 18.8 Å². The summed E-state index contributed by atoms with van der Waals surface area (Å²) in [7, 11) is 0. The van der Waals surface area contributed by atoms with Gasteiger partial charge in [-0.15, -0.1) is 0 Å². The number of nitrogens with zero attached hydrogens (tertiary/aromatic N) is 3. The average Bonchev–Trinajstić information content (AvgIpc) is 2.85. The van der Waals surface area contributed by atoms with Crippen LogP contribution in [0.5, 0.6) is 0 Å². The molecular weight excluding hydrogens is 396 g/mol. The van der Waals surface area contributed by atoms with E-state index in [1.807, 2.05) is 0 Å². The summed E-state index contributed by atoms with van der Waals surface area (Å²) in [4.78, 5) is 17.0. The molecule has 1 fully saturated rings. The maximum Gasteiger partial charge on any atom is 0.351 e. The number of aromatic nitrogens is 2. The second-order valence-electron chi connectivity index (χ2n) is 7.20. The Kier molecular flexibility index (Phi) is 4.83. The molecule has 0 amide bonds. The van der Waals surface area contributed by atoms with Crippen LogP contribution in [0.15, 0.2) is 29.2 Å². The zero-order chi connectivity index (χ0) is 20.9. The molecule has 4 rings (SSSR count). The predicted octanol–water partition coefficient (Wildman–Crippen LogP) is 1.06. The zero-order valence-corrected chi connectivity index (χ0v) is 15.1. The molecule has 2 aliphatic rings. The van der Waals surface area contributed by atoms with E-state index in [9.17, 15) is 27.5 Å². The smallest absolute Gasteiger partial charge is 0.351 e. The van der Waals surface area contributed by atoms with E-state index < -0.39 is 41.7 Å². The van der Waals surface area contributed by atoms with Gasteiger partial charge in [-0.3, -0.25) is 9.47 Å². The minimum atomic E-state index is -3.75. The van der Waals surface area contributed by atoms with E-state index in [-0.39, 0.29) is 25.3 Å². The van der Waals surface area contributed by atoms with Gasteiger partial charge in [0.25, 0.3) is 0 Å². The third-order valence-corrected chi connectivity index (χ3v) is 5.25. The predicted molar refractivity (Wildman–Crippen MR) is 93.1 cm³/mol. The largest absolute Gasteiger partial charge is 0.384 e. The standard InChI is InChI=1S/C18H18F4N4O3/c19-10-5-9-7-25(3-1-11(9)12(20)6-10)8-13-15(27)18(21,22)16(29-13)26-4-2-14(23)24-17(26)28/h2,4-6,13,15-16,27H,1,3,7-8H2,(H2,23,24,28)/t13-,15-,16-/m1/s1. The molecule has 7 nitrogen and oxygen atoms in total. The van der Waals surface area contributed by atoms with Gasteiger partial charge < -0.3 is 15.6 Å². The fourth-order valence-electron chi connectivity index (χ4n) is 3.80. The molecule has 0 radical (unpaired) electrons. The summed E-state index contributed by atoms with van der Waals surface area (Å²) in [5, 5.41) is 10.1. The number of alkyl halides is 2. The topological polar surface area (TPSA) is 93.6 Å². The molecule has 3 heterocycles. The van der Waals surface area contributed by atoms with Crippen LogP contribution >= 0.6 is 0 Å². The molecule has 0 bridgehead atoms. The van der Waals surface area contributed by atoms with Crippen molar-refractivity contribution in [1.82, 2.24) is 14.5 Å². The van der Waals surface area contributed by atoms with Crippen LogP contribution in [0.4, 0.5) is 23.4 Å². The number of halogens is 4. The molecule has 0 aliphatic carbocycles. The first-order valence-electron chi connectivity index (χ1n) is 8.92. The van der Waals surface area contributed by atoms with E-state index in [0.717, 1.165) is 12.3 Å². The molecule has 0 unspecified atom stereocenters. The summed E-state index contributed by atoms with van der Waals surface area (Å²) in [6, 6.07) is 3.18. The van der Waals surface area contributed by atoms with Crippen LogP contribution in [-0.4, -0.2) is 50.8 Å². The van der Waals surface area contributed by atoms with E-state index >= 15 is 0 Å². The second kappa shape index (κ2) is 7.08. The second-order valence-corrected chi connectivity index (χ2v) is 7.20. The number of nitrogen functional groups attached to an aromatic ring is 1. The molecule has 2 aliphatic heterocycles. The lowest BCUT2D eigenvalue weighted by Gasteiger charge is -2.31. The Hall–Kier alpha value is -2.50. The van der Waals surface area contributed by atoms with Crippen molar-refractivity contribution in [3.8, 4) is 0 Å². The number of aliphatic hydroxyl groups excluding tert-OH is 1. The number of aliphatic hydroxyl groups is 1. The van der Waals surface area contributed by atoms with Gasteiger partial charge in [0.05, 0.1) is 0 Å². The number of hydrogen-bond acceptors (Lipinski definition) is 6. The van der Waals surface area contributed by atoms with Crippen LogP contribution in [0.2, 0.25) is 0 Å². The summed E-state index contributed by atoms with van der Waals surface area (Å²) in [6.07, 6.45) is -4.25. The van der Waals surface area contributed by atoms with Crippen molar-refractivity contribution < 1.29 is 27.4 Å². The number of anilines is 1. The SMILES string of the molecule is Nc1ccn([C@@H]2O[C@H](CN3CCc4c(F)cc(F)cc4C3)[C@@H](O)C2(F)F)c(=O)n1. The molecule has 2 aromatic rings. The number of hydrogen-bond donors (Lipinski definition) is 2. The third kappa shape index (κ3) is 3.49. The van der Waals surface area contributed by atoms with Gasteiger partial charge in [0.1, 0.15) is 29.7 Å². The van der Waals surface area contributed by atoms with Crippen LogP contribution in [-0.2, 0) is 17.7 Å². The van der Waals surface area contributed by atoms with Crippen LogP contribution in [0.1, 0.15) is 17.4 Å². The van der Waals surface area contributed by atoms with Gasteiger partial charge in [0.15, 0.2) is 0 Å². The lowest BCUT2D eigenvalue weighted by molar-refractivity contribution is -0.140. The van der Waals surface area contributed by atoms with Crippen molar-refractivity contribution in [3.05, 3.63) is 57.6 Å². The van der Waals surface area contributed by atoms with Crippen LogP contribution in [0, 0.1) is 11.6 Å². The minimum Gasteiger partial charge on any atom is -0.384 e. The molecule has 156 valence electrons. The lowest BCUT2D eigenvalue weighted by Crippen LogP contribution is -2.44. The number of benzene rings is 1. The van der Waals surface area contributed by atoms with Crippen LogP contribution in [0.25, 0.3) is 0 Å². The summed E-state index contributed by atoms with van der Waals surface area (Å²) in [6.45, 7) is 0.333. The molecule has 1 aromatic heterocycles. The Balaban J connectivity index is 1.53. The first-order chi connectivity index (χ1) is 13.7. The van der Waals surface area contributed by atoms with Gasteiger partial charge in [-0.1, -0.05) is 0 Å². The third-order valence-electron chi connectivity index (χ3n) is 5.25. The summed E-state index contributed by atoms with van der Waals surface area (Å²) < 4.78 is 62.5. The quantitative estimate of drug-likeness (QED) is 0.730. The number of rotatable bonds is 3. The Labute approximate surface area is 162 Å². The fraction of sp³-hybridized carbons (Fsp3) is 0.444. The molecule has 11 heteroatoms. The van der Waals surface area contributed by atoms with Crippen LogP contribution < -0.4 is 11.4 Å². The molecular formula is C18H18F4N4O3. The number of nitrogens with two attached hydrogens (primary N) is 1. The minimum absolute atomic E-state index is 0.109. The summed E-state index contributed by atoms with van der Waals surface area (Å²) in [5.41, 5.74) is 5.15. The molecule has 0 spiro atoms. The van der Waals surface area contributed by atoms with Gasteiger partial charge in [-0.25, -0.2) is 13.6 Å². The highest BCUT2D eigenvalue weighted by Gasteiger charge is 2.59. The summed E-state index contributed by atoms with van der Waals surface area (Å²) >= 11 is 0. The Morgan fingerprint density at radius 1 is 1.34 bits per heavy atom. The van der Waals surface area contributed by atoms with Crippen molar-refractivity contribution in [1.29, 1.82) is 0 Å². The first-order valence-corrected chi connectivity index (χ1v) is 8.92. The van der Waals surface area contributed by atoms with E-state index in [1.54, 1.807) is 4.90 Å². The Morgan fingerprint density at radius 3 is 2.83 bits per heavy atom. The monoisotopic (exact) mass is 414 g/mol. The van der Waals surface area contributed by atoms with E-state index in [0.29, 0.717) is 22.2 Å². The summed E-state index contributed by atoms with van der Waals surface area (Å²) in [5.74, 6) is -5.24. The molecule has 29 heavy (non-hydrogen) atoms. The van der Waals surface area contributed by atoms with Crippen molar-refractivity contribution >= 4 is 5.82 Å². The van der Waals surface area contributed by atoms with Gasteiger partial charge in [0.2, 0.25) is 6.23 Å². The Morgan fingerprint density at radius 2 is 2.10 bits per heavy atom. The van der Waals surface area contributed by atoms with E-state index in [2.05, 4.69) is 4.98 Å². The molecule has 0 saturated carbocycles. The molecule has 1 saturated heterocycles. The van der Waals surface area contributed by atoms with Gasteiger partial charge in [-0.2, -0.15) is 13.8 Å². The molecule has 1 aromatic carbocycles. The van der Waals surface area contributed by atoms with Crippen molar-refractivity contribution in [3.63, 3.8) is 0 Å². The van der Waals surface area contributed by atoms with Crippen molar-refractivity contribution in [2.45, 2.75) is 37.3 Å². The zero-order valence-electron chi connectivity index (χ0n) is 15.1. The maximum atomic E-state index is 14.6. The fourth-order valence-corrected chi connectivity index (χ4v) is 3.80. The van der Waals surface area contributed by atoms with E-state index in [1.165, 1.54) is 12.1 Å². The highest BCUT2D eigenvalue weighted by Crippen LogP contribution is 2.42. The van der Waals surface area contributed by atoms with Gasteiger partial charge in [-0.05, 0) is 29.7 Å². The molecule has 3 atom stereocenters. The lowest BCUT2D eigenvalue weighted by atomic mass is 9.98. The van der Waals surface area contributed by atoms with Gasteiger partial charge >= 0.3 is 11.6 Å². The van der Waals surface area contributed by atoms with Crippen molar-refractivity contribution in [2.24, 2.45) is 0 Å². The van der Waals surface area contributed by atoms with E-state index in [4.69, 9.17) is 10.5 Å². The van der Waals surface area contributed by atoms with Gasteiger partial charge in [0, 0.05) is 31.9 Å². The first kappa shape index (κ1) is 19.8. The maximum absolute atomic E-state index is 14.6. The number of ether oxygens (including phenoxy) is 1. The average molecular weight is 414 g/mol. The van der Waals surface area contributed by atoms with Crippen LogP contribution in [0.3, 0.4) is 0 Å². The molecule has 3 N–H and O–H groups in total. The Bertz CT molecular complexity index is 1000. The number of fused-ring (bicyclic) bond motifs is 1. The normalized spacial score (nSPS) is 26.4. The highest BCUT2D eigenvalue weighted by atomic mass is 19.3.